The standard InChI is InChI=1S/C17H20N2O3S/c1-11-3-4-14-8-15(12(2)19-16(14)7-11)17(20)18-9-13-5-6-23(21,22)10-13/h3-4,7-8,13H,5-6,9-10H2,1-2H3,(H,18,20). The zero-order valence-corrected chi connectivity index (χ0v) is 14.1. The molecule has 0 spiro atoms. The van der Waals surface area contributed by atoms with Gasteiger partial charge in [-0.25, -0.2) is 8.42 Å². The van der Waals surface area contributed by atoms with Crippen LogP contribution in [0, 0.1) is 19.8 Å². The van der Waals surface area contributed by atoms with E-state index in [1.54, 1.807) is 0 Å². The van der Waals surface area contributed by atoms with Gasteiger partial charge in [-0.05, 0) is 43.9 Å². The number of rotatable bonds is 3. The zero-order valence-electron chi connectivity index (χ0n) is 13.3. The van der Waals surface area contributed by atoms with Crippen LogP contribution in [0.1, 0.15) is 28.0 Å². The van der Waals surface area contributed by atoms with Gasteiger partial charge in [0.1, 0.15) is 0 Å². The maximum absolute atomic E-state index is 12.4. The molecule has 6 heteroatoms. The second-order valence-electron chi connectivity index (χ2n) is 6.30. The van der Waals surface area contributed by atoms with E-state index < -0.39 is 9.84 Å². The van der Waals surface area contributed by atoms with Crippen molar-refractivity contribution in [3.05, 3.63) is 41.1 Å². The highest BCUT2D eigenvalue weighted by atomic mass is 32.2. The number of sulfone groups is 1. The molecule has 1 unspecified atom stereocenters. The fraction of sp³-hybridized carbons (Fsp3) is 0.412. The van der Waals surface area contributed by atoms with Gasteiger partial charge in [0, 0.05) is 11.9 Å². The van der Waals surface area contributed by atoms with E-state index in [1.165, 1.54) is 0 Å². The molecule has 0 bridgehead atoms. The van der Waals surface area contributed by atoms with Gasteiger partial charge in [0.05, 0.1) is 28.3 Å². The summed E-state index contributed by atoms with van der Waals surface area (Å²) in [5, 5.41) is 3.78. The lowest BCUT2D eigenvalue weighted by atomic mass is 10.1. The average molecular weight is 332 g/mol. The quantitative estimate of drug-likeness (QED) is 0.933. The summed E-state index contributed by atoms with van der Waals surface area (Å²) in [6.45, 7) is 4.22. The van der Waals surface area contributed by atoms with Gasteiger partial charge in [-0.15, -0.1) is 0 Å². The van der Waals surface area contributed by atoms with Gasteiger partial charge < -0.3 is 5.32 Å². The Labute approximate surface area is 136 Å². The highest BCUT2D eigenvalue weighted by Crippen LogP contribution is 2.19. The summed E-state index contributed by atoms with van der Waals surface area (Å²) >= 11 is 0. The first kappa shape index (κ1) is 15.9. The molecule has 5 nitrogen and oxygen atoms in total. The van der Waals surface area contributed by atoms with Gasteiger partial charge in [0.2, 0.25) is 0 Å². The van der Waals surface area contributed by atoms with Crippen molar-refractivity contribution in [1.29, 1.82) is 0 Å². The molecule has 1 fully saturated rings. The van der Waals surface area contributed by atoms with Gasteiger partial charge in [-0.1, -0.05) is 12.1 Å². The largest absolute Gasteiger partial charge is 0.352 e. The molecule has 2 aromatic rings. The molecule has 122 valence electrons. The van der Waals surface area contributed by atoms with Crippen molar-refractivity contribution in [2.24, 2.45) is 5.92 Å². The molecule has 23 heavy (non-hydrogen) atoms. The Kier molecular flexibility index (Phi) is 4.10. The van der Waals surface area contributed by atoms with Gasteiger partial charge >= 0.3 is 0 Å². The number of nitrogens with one attached hydrogen (secondary N) is 1. The lowest BCUT2D eigenvalue weighted by molar-refractivity contribution is 0.0947. The molecule has 1 aromatic carbocycles. The van der Waals surface area contributed by atoms with E-state index in [0.717, 1.165) is 16.5 Å². The summed E-state index contributed by atoms with van der Waals surface area (Å²) in [5.41, 5.74) is 3.23. The average Bonchev–Trinajstić information content (AvgIpc) is 2.83. The normalized spacial score (nSPS) is 19.8. The van der Waals surface area contributed by atoms with Crippen LogP contribution in [-0.2, 0) is 9.84 Å². The number of aromatic nitrogens is 1. The zero-order chi connectivity index (χ0) is 16.6. The second-order valence-corrected chi connectivity index (χ2v) is 8.53. The van der Waals surface area contributed by atoms with Crippen molar-refractivity contribution >= 4 is 26.6 Å². The molecule has 3 rings (SSSR count). The molecule has 1 atom stereocenters. The summed E-state index contributed by atoms with van der Waals surface area (Å²) in [4.78, 5) is 16.9. The van der Waals surface area contributed by atoms with Crippen molar-refractivity contribution in [1.82, 2.24) is 10.3 Å². The van der Waals surface area contributed by atoms with Crippen molar-refractivity contribution in [3.63, 3.8) is 0 Å². The van der Waals surface area contributed by atoms with Crippen LogP contribution in [0.25, 0.3) is 10.9 Å². The summed E-state index contributed by atoms with van der Waals surface area (Å²) in [7, 11) is -2.91. The Morgan fingerprint density at radius 3 is 2.78 bits per heavy atom. The smallest absolute Gasteiger partial charge is 0.253 e. The number of fused-ring (bicyclic) bond motifs is 1. The molecular formula is C17H20N2O3S. The number of hydrogen-bond donors (Lipinski definition) is 1. The Bertz CT molecular complexity index is 875. The van der Waals surface area contributed by atoms with Crippen molar-refractivity contribution in [3.8, 4) is 0 Å². The predicted octanol–water partition coefficient (Wildman–Crippen LogP) is 2.02. The Balaban J connectivity index is 1.76. The van der Waals surface area contributed by atoms with E-state index in [2.05, 4.69) is 10.3 Å². The third-order valence-electron chi connectivity index (χ3n) is 4.29. The van der Waals surface area contributed by atoms with E-state index in [4.69, 9.17) is 0 Å². The minimum absolute atomic E-state index is 0.0142. The number of pyridine rings is 1. The molecular weight excluding hydrogens is 312 g/mol. The summed E-state index contributed by atoms with van der Waals surface area (Å²) in [6, 6.07) is 7.78. The first-order valence-corrected chi connectivity index (χ1v) is 9.53. The van der Waals surface area contributed by atoms with Crippen molar-refractivity contribution < 1.29 is 13.2 Å². The molecule has 0 radical (unpaired) electrons. The molecule has 0 saturated carbocycles. The lowest BCUT2D eigenvalue weighted by Crippen LogP contribution is -2.30. The van der Waals surface area contributed by atoms with Gasteiger partial charge in [0.25, 0.3) is 5.91 Å². The summed E-state index contributed by atoms with van der Waals surface area (Å²) in [5.74, 6) is 0.215. The minimum atomic E-state index is -2.91. The summed E-state index contributed by atoms with van der Waals surface area (Å²) < 4.78 is 22.9. The first-order chi connectivity index (χ1) is 10.8. The maximum Gasteiger partial charge on any atom is 0.253 e. The third kappa shape index (κ3) is 3.52. The van der Waals surface area contributed by atoms with Crippen molar-refractivity contribution in [2.45, 2.75) is 20.3 Å². The number of benzene rings is 1. The Morgan fingerprint density at radius 1 is 1.30 bits per heavy atom. The van der Waals surface area contributed by atoms with Crippen molar-refractivity contribution in [2.75, 3.05) is 18.1 Å². The van der Waals surface area contributed by atoms with Crippen LogP contribution < -0.4 is 5.32 Å². The van der Waals surface area contributed by atoms with Gasteiger partial charge in [-0.2, -0.15) is 0 Å². The predicted molar refractivity (Wildman–Crippen MR) is 90.3 cm³/mol. The van der Waals surface area contributed by atoms with E-state index >= 15 is 0 Å². The fourth-order valence-electron chi connectivity index (χ4n) is 2.97. The van der Waals surface area contributed by atoms with Crippen LogP contribution in [0.5, 0.6) is 0 Å². The van der Waals surface area contributed by atoms with Crippen LogP contribution in [-0.4, -0.2) is 37.4 Å². The molecule has 1 saturated heterocycles. The highest BCUT2D eigenvalue weighted by molar-refractivity contribution is 7.91. The number of amides is 1. The Morgan fingerprint density at radius 2 is 2.09 bits per heavy atom. The van der Waals surface area contributed by atoms with E-state index in [-0.39, 0.29) is 23.3 Å². The number of nitrogens with zero attached hydrogens (tertiary/aromatic N) is 1. The first-order valence-electron chi connectivity index (χ1n) is 7.71. The molecule has 2 heterocycles. The fourth-order valence-corrected chi connectivity index (χ4v) is 4.83. The highest BCUT2D eigenvalue weighted by Gasteiger charge is 2.28. The van der Waals surface area contributed by atoms with E-state index in [0.29, 0.717) is 24.2 Å². The van der Waals surface area contributed by atoms with Crippen LogP contribution in [0.2, 0.25) is 0 Å². The molecule has 1 aliphatic rings. The molecule has 1 amide bonds. The van der Waals surface area contributed by atoms with Crippen LogP contribution in [0.15, 0.2) is 24.3 Å². The monoisotopic (exact) mass is 332 g/mol. The molecule has 1 N–H and O–H groups in total. The SMILES string of the molecule is Cc1ccc2cc(C(=O)NCC3CCS(=O)(=O)C3)c(C)nc2c1. The van der Waals surface area contributed by atoms with E-state index in [9.17, 15) is 13.2 Å². The molecule has 0 aliphatic carbocycles. The minimum Gasteiger partial charge on any atom is -0.352 e. The number of carbonyl (C=O) groups is 1. The molecule has 1 aliphatic heterocycles. The van der Waals surface area contributed by atoms with Crippen LogP contribution in [0.4, 0.5) is 0 Å². The second kappa shape index (κ2) is 5.92. The topological polar surface area (TPSA) is 76.1 Å². The van der Waals surface area contributed by atoms with E-state index in [1.807, 2.05) is 38.1 Å². The molecule has 1 aromatic heterocycles. The van der Waals surface area contributed by atoms with Crippen LogP contribution >= 0.6 is 0 Å². The Hall–Kier alpha value is -1.95. The van der Waals surface area contributed by atoms with Gasteiger partial charge in [0.15, 0.2) is 9.84 Å². The number of hydrogen-bond acceptors (Lipinski definition) is 4. The lowest BCUT2D eigenvalue weighted by Gasteiger charge is -2.12. The summed E-state index contributed by atoms with van der Waals surface area (Å²) in [6.07, 6.45) is 0.622. The van der Waals surface area contributed by atoms with Gasteiger partial charge in [-0.3, -0.25) is 9.78 Å². The maximum atomic E-state index is 12.4. The number of aryl methyl sites for hydroxylation is 2. The third-order valence-corrected chi connectivity index (χ3v) is 6.12. The van der Waals surface area contributed by atoms with Crippen LogP contribution in [0.3, 0.4) is 0 Å². The number of carbonyl (C=O) groups excluding carboxylic acids is 1.